The van der Waals surface area contributed by atoms with Crippen molar-refractivity contribution in [3.05, 3.63) is 65.5 Å². The minimum atomic E-state index is -4.70. The zero-order chi connectivity index (χ0) is 25.7. The molecule has 0 bridgehead atoms. The number of aromatic nitrogens is 4. The number of tetrazole rings is 1. The average molecular weight is 505 g/mol. The number of halogens is 3. The van der Waals surface area contributed by atoms with E-state index in [0.717, 1.165) is 5.56 Å². The Morgan fingerprint density at radius 3 is 2.64 bits per heavy atom. The minimum absolute atomic E-state index is 0.0196. The molecule has 3 aromatic rings. The maximum atomic E-state index is 13.3. The Labute approximate surface area is 206 Å². The van der Waals surface area contributed by atoms with Crippen LogP contribution in [0.2, 0.25) is 0 Å². The molecule has 0 aliphatic carbocycles. The van der Waals surface area contributed by atoms with E-state index in [4.69, 9.17) is 9.47 Å². The van der Waals surface area contributed by atoms with Crippen LogP contribution in [0.5, 0.6) is 5.75 Å². The van der Waals surface area contributed by atoms with Crippen molar-refractivity contribution in [2.75, 3.05) is 33.9 Å². The summed E-state index contributed by atoms with van der Waals surface area (Å²) in [6, 6.07) is 14.6. The van der Waals surface area contributed by atoms with E-state index in [0.29, 0.717) is 42.0 Å². The van der Waals surface area contributed by atoms with Crippen LogP contribution in [0.25, 0.3) is 5.69 Å². The smallest absolute Gasteiger partial charge is 0.453 e. The highest BCUT2D eigenvalue weighted by Gasteiger charge is 2.38. The fraction of sp³-hybridized carbons (Fsp3) is 0.417. The number of amides is 1. The lowest BCUT2D eigenvalue weighted by Crippen LogP contribution is -2.50. The molecule has 0 spiro atoms. The maximum absolute atomic E-state index is 13.3. The van der Waals surface area contributed by atoms with Crippen molar-refractivity contribution in [2.24, 2.45) is 0 Å². The predicted molar refractivity (Wildman–Crippen MR) is 124 cm³/mol. The molecule has 1 aliphatic rings. The molecule has 1 aromatic heterocycles. The second kappa shape index (κ2) is 11.0. The summed E-state index contributed by atoms with van der Waals surface area (Å²) in [4.78, 5) is 14.3. The Hall–Kier alpha value is -3.51. The van der Waals surface area contributed by atoms with Gasteiger partial charge >= 0.3 is 6.18 Å². The van der Waals surface area contributed by atoms with Crippen molar-refractivity contribution in [1.82, 2.24) is 30.4 Å². The number of methoxy groups -OCH3 is 2. The van der Waals surface area contributed by atoms with Gasteiger partial charge < -0.3 is 19.7 Å². The first kappa shape index (κ1) is 25.6. The Morgan fingerprint density at radius 1 is 1.17 bits per heavy atom. The first-order chi connectivity index (χ1) is 17.3. The molecule has 2 aromatic carbocycles. The third-order valence-corrected chi connectivity index (χ3v) is 6.25. The van der Waals surface area contributed by atoms with E-state index in [9.17, 15) is 18.0 Å². The molecule has 1 aliphatic heterocycles. The number of benzene rings is 2. The van der Waals surface area contributed by atoms with Gasteiger partial charge in [0.1, 0.15) is 12.4 Å². The van der Waals surface area contributed by atoms with Gasteiger partial charge in [-0.15, -0.1) is 5.10 Å². The summed E-state index contributed by atoms with van der Waals surface area (Å²) in [7, 11) is 3.00. The highest BCUT2D eigenvalue weighted by molar-refractivity contribution is 5.77. The molecule has 1 fully saturated rings. The summed E-state index contributed by atoms with van der Waals surface area (Å²) < 4.78 is 51.1. The number of carbonyl (C=O) groups is 1. The zero-order valence-corrected chi connectivity index (χ0v) is 19.9. The van der Waals surface area contributed by atoms with Crippen molar-refractivity contribution < 1.29 is 27.4 Å². The molecule has 192 valence electrons. The first-order valence-corrected chi connectivity index (χ1v) is 11.4. The molecule has 1 amide bonds. The summed E-state index contributed by atoms with van der Waals surface area (Å²) >= 11 is 0. The van der Waals surface area contributed by atoms with Crippen LogP contribution in [0.1, 0.15) is 29.3 Å². The molecule has 0 radical (unpaired) electrons. The number of hydrogen-bond acceptors (Lipinski definition) is 7. The highest BCUT2D eigenvalue weighted by Crippen LogP contribution is 2.31. The zero-order valence-electron chi connectivity index (χ0n) is 19.9. The molecule has 0 saturated carbocycles. The molecule has 9 nitrogen and oxygen atoms in total. The van der Waals surface area contributed by atoms with Gasteiger partial charge in [0, 0.05) is 44.3 Å². The van der Waals surface area contributed by atoms with E-state index >= 15 is 0 Å². The number of hydrogen-bond donors (Lipinski definition) is 1. The van der Waals surface area contributed by atoms with Crippen molar-refractivity contribution in [3.63, 3.8) is 0 Å². The van der Waals surface area contributed by atoms with E-state index in [-0.39, 0.29) is 30.2 Å². The van der Waals surface area contributed by atoms with Gasteiger partial charge in [-0.1, -0.05) is 30.3 Å². The van der Waals surface area contributed by atoms with Gasteiger partial charge in [0.25, 0.3) is 5.82 Å². The van der Waals surface area contributed by atoms with E-state index in [2.05, 4.69) is 20.8 Å². The quantitative estimate of drug-likeness (QED) is 0.504. The van der Waals surface area contributed by atoms with Gasteiger partial charge in [-0.05, 0) is 40.6 Å². The predicted octanol–water partition coefficient (Wildman–Crippen LogP) is 2.81. The molecular formula is C24H27F3N6O3. The number of alkyl halides is 3. The topological polar surface area (TPSA) is 94.4 Å². The number of nitrogens with zero attached hydrogens (tertiary/aromatic N) is 5. The maximum Gasteiger partial charge on any atom is 0.453 e. The van der Waals surface area contributed by atoms with Crippen molar-refractivity contribution in [3.8, 4) is 11.4 Å². The second-order valence-electron chi connectivity index (χ2n) is 8.47. The highest BCUT2D eigenvalue weighted by atomic mass is 19.4. The monoisotopic (exact) mass is 504 g/mol. The normalized spacial score (nSPS) is 18.3. The third-order valence-electron chi connectivity index (χ3n) is 6.25. The Morgan fingerprint density at radius 2 is 1.94 bits per heavy atom. The SMILES string of the molecule is COCC(=O)N1CC[C@@H](NCc2cc(-n3nnnc3C(F)(F)F)ccc2OC)[C@@H](c2ccccc2)C1. The fourth-order valence-corrected chi connectivity index (χ4v) is 4.49. The second-order valence-corrected chi connectivity index (χ2v) is 8.47. The molecule has 0 unspecified atom stereocenters. The molecule has 1 N–H and O–H groups in total. The van der Waals surface area contributed by atoms with Crippen LogP contribution < -0.4 is 10.1 Å². The molecule has 12 heteroatoms. The molecule has 1 saturated heterocycles. The van der Waals surface area contributed by atoms with Crippen LogP contribution in [0, 0.1) is 0 Å². The third kappa shape index (κ3) is 5.65. The minimum Gasteiger partial charge on any atom is -0.496 e. The molecule has 2 heterocycles. The molecule has 2 atom stereocenters. The number of carbonyl (C=O) groups excluding carboxylic acids is 1. The lowest BCUT2D eigenvalue weighted by atomic mass is 9.85. The summed E-state index contributed by atoms with van der Waals surface area (Å²) in [5, 5.41) is 13.4. The van der Waals surface area contributed by atoms with E-state index in [1.807, 2.05) is 30.3 Å². The van der Waals surface area contributed by atoms with Crippen LogP contribution in [-0.2, 0) is 22.3 Å². The Kier molecular flexibility index (Phi) is 7.85. The number of ether oxygens (including phenoxy) is 2. The van der Waals surface area contributed by atoms with Crippen LogP contribution in [0.4, 0.5) is 13.2 Å². The lowest BCUT2D eigenvalue weighted by Gasteiger charge is -2.39. The van der Waals surface area contributed by atoms with E-state index in [1.54, 1.807) is 17.0 Å². The van der Waals surface area contributed by atoms with Crippen molar-refractivity contribution >= 4 is 5.91 Å². The van der Waals surface area contributed by atoms with Crippen molar-refractivity contribution in [2.45, 2.75) is 31.1 Å². The lowest BCUT2D eigenvalue weighted by molar-refractivity contribution is -0.146. The summed E-state index contributed by atoms with van der Waals surface area (Å²) in [6.07, 6.45) is -4.00. The first-order valence-electron chi connectivity index (χ1n) is 11.4. The molecular weight excluding hydrogens is 477 g/mol. The standard InChI is InChI=1S/C24H27F3N6O3/c1-35-15-22(34)32-11-10-20(19(14-32)16-6-4-3-5-7-16)28-13-17-12-18(8-9-21(17)36-2)33-23(24(25,26)27)29-30-31-33/h3-9,12,19-20,28H,10-11,13-15H2,1-2H3/t19-,20-/m1/s1. The summed E-state index contributed by atoms with van der Waals surface area (Å²) in [5.41, 5.74) is 1.92. The van der Waals surface area contributed by atoms with Gasteiger partial charge in [-0.25, -0.2) is 0 Å². The largest absolute Gasteiger partial charge is 0.496 e. The Balaban J connectivity index is 1.56. The molecule has 4 rings (SSSR count). The van der Waals surface area contributed by atoms with Crippen LogP contribution in [-0.4, -0.2) is 71.0 Å². The van der Waals surface area contributed by atoms with Crippen LogP contribution in [0.3, 0.4) is 0 Å². The summed E-state index contributed by atoms with van der Waals surface area (Å²) in [6.45, 7) is 1.46. The molecule has 36 heavy (non-hydrogen) atoms. The average Bonchev–Trinajstić information content (AvgIpc) is 3.39. The van der Waals surface area contributed by atoms with Crippen LogP contribution in [0.15, 0.2) is 48.5 Å². The number of likely N-dealkylation sites (tertiary alicyclic amines) is 1. The van der Waals surface area contributed by atoms with Crippen molar-refractivity contribution in [1.29, 1.82) is 0 Å². The van der Waals surface area contributed by atoms with Crippen LogP contribution >= 0.6 is 0 Å². The van der Waals surface area contributed by atoms with Gasteiger partial charge in [0.05, 0.1) is 12.8 Å². The number of piperidine rings is 1. The van der Waals surface area contributed by atoms with Gasteiger partial charge in [0.15, 0.2) is 0 Å². The number of rotatable bonds is 8. The van der Waals surface area contributed by atoms with Gasteiger partial charge in [-0.2, -0.15) is 17.9 Å². The van der Waals surface area contributed by atoms with Gasteiger partial charge in [0.2, 0.25) is 5.91 Å². The summed E-state index contributed by atoms with van der Waals surface area (Å²) in [5.74, 6) is -0.722. The van der Waals surface area contributed by atoms with Gasteiger partial charge in [-0.3, -0.25) is 4.79 Å². The van der Waals surface area contributed by atoms with E-state index < -0.39 is 12.0 Å². The Bertz CT molecular complexity index is 1170. The number of nitrogens with one attached hydrogen (secondary N) is 1. The fourth-order valence-electron chi connectivity index (χ4n) is 4.49. The van der Waals surface area contributed by atoms with E-state index in [1.165, 1.54) is 20.3 Å².